The molecule has 0 fully saturated rings. The van der Waals surface area contributed by atoms with Crippen LogP contribution in [0, 0.1) is 4.77 Å². The van der Waals surface area contributed by atoms with Crippen molar-refractivity contribution in [2.45, 2.75) is 58.9 Å². The predicted octanol–water partition coefficient (Wildman–Crippen LogP) is 3.99. The molecule has 2 nitrogen and oxygen atoms in total. The van der Waals surface area contributed by atoms with E-state index in [-0.39, 0.29) is 11.0 Å². The summed E-state index contributed by atoms with van der Waals surface area (Å²) in [4.78, 5) is 3.16. The monoisotopic (exact) mass is 226 g/mol. The van der Waals surface area contributed by atoms with E-state index < -0.39 is 0 Å². The van der Waals surface area contributed by atoms with Crippen molar-refractivity contribution in [3.05, 3.63) is 16.7 Å². The lowest BCUT2D eigenvalue weighted by atomic mass is 9.90. The summed E-state index contributed by atoms with van der Waals surface area (Å²) in [7, 11) is 0. The summed E-state index contributed by atoms with van der Waals surface area (Å²) >= 11 is 5.36. The van der Waals surface area contributed by atoms with Gasteiger partial charge in [-0.15, -0.1) is 0 Å². The third kappa shape index (κ3) is 2.33. The van der Waals surface area contributed by atoms with Gasteiger partial charge in [0.2, 0.25) is 0 Å². The van der Waals surface area contributed by atoms with Gasteiger partial charge in [0.1, 0.15) is 0 Å². The number of nitrogens with one attached hydrogen (secondary N) is 1. The standard InChI is InChI=1S/C12H22N2S/c1-7-12(5,6)14-9(11(2,3)4)8-13-10(14)15/h8H,7H2,1-6H3,(H,13,15). The van der Waals surface area contributed by atoms with Crippen molar-refractivity contribution >= 4 is 12.2 Å². The number of imidazole rings is 1. The Morgan fingerprint density at radius 3 is 2.20 bits per heavy atom. The maximum Gasteiger partial charge on any atom is 0.177 e. The van der Waals surface area contributed by atoms with E-state index in [4.69, 9.17) is 12.2 Å². The Bertz CT molecular complexity index is 390. The number of hydrogen-bond donors (Lipinski definition) is 1. The number of hydrogen-bond acceptors (Lipinski definition) is 1. The van der Waals surface area contributed by atoms with E-state index >= 15 is 0 Å². The molecule has 0 saturated heterocycles. The minimum atomic E-state index is 0.0830. The van der Waals surface area contributed by atoms with E-state index in [2.05, 4.69) is 51.1 Å². The molecule has 1 aromatic rings. The van der Waals surface area contributed by atoms with Crippen LogP contribution in [0.4, 0.5) is 0 Å². The summed E-state index contributed by atoms with van der Waals surface area (Å²) in [6, 6.07) is 0. The largest absolute Gasteiger partial charge is 0.337 e. The Kier molecular flexibility index (Phi) is 3.15. The van der Waals surface area contributed by atoms with Crippen LogP contribution in [-0.2, 0) is 11.0 Å². The van der Waals surface area contributed by atoms with Gasteiger partial charge in [0.25, 0.3) is 0 Å². The normalized spacial score (nSPS) is 13.2. The van der Waals surface area contributed by atoms with E-state index in [0.29, 0.717) is 0 Å². The zero-order chi connectivity index (χ0) is 11.9. The highest BCUT2D eigenvalue weighted by atomic mass is 32.1. The van der Waals surface area contributed by atoms with Crippen LogP contribution in [0.1, 0.15) is 53.7 Å². The molecular weight excluding hydrogens is 204 g/mol. The quantitative estimate of drug-likeness (QED) is 0.756. The predicted molar refractivity (Wildman–Crippen MR) is 67.9 cm³/mol. The summed E-state index contributed by atoms with van der Waals surface area (Å²) in [5, 5.41) is 0. The van der Waals surface area contributed by atoms with Crippen molar-refractivity contribution < 1.29 is 0 Å². The van der Waals surface area contributed by atoms with Gasteiger partial charge in [0.15, 0.2) is 4.77 Å². The molecule has 1 heterocycles. The van der Waals surface area contributed by atoms with Gasteiger partial charge in [0, 0.05) is 22.8 Å². The highest BCUT2D eigenvalue weighted by Crippen LogP contribution is 2.29. The van der Waals surface area contributed by atoms with Gasteiger partial charge in [-0.1, -0.05) is 27.7 Å². The fourth-order valence-corrected chi connectivity index (χ4v) is 2.08. The van der Waals surface area contributed by atoms with Crippen LogP contribution in [0.3, 0.4) is 0 Å². The topological polar surface area (TPSA) is 20.7 Å². The molecule has 3 heteroatoms. The Morgan fingerprint density at radius 2 is 1.80 bits per heavy atom. The zero-order valence-corrected chi connectivity index (χ0v) is 11.5. The molecule has 0 aromatic carbocycles. The molecule has 1 N–H and O–H groups in total. The van der Waals surface area contributed by atoms with Crippen molar-refractivity contribution in [1.29, 1.82) is 0 Å². The van der Waals surface area contributed by atoms with Crippen molar-refractivity contribution in [1.82, 2.24) is 9.55 Å². The van der Waals surface area contributed by atoms with Crippen molar-refractivity contribution in [2.75, 3.05) is 0 Å². The average Bonchev–Trinajstić information content (AvgIpc) is 2.47. The van der Waals surface area contributed by atoms with Crippen molar-refractivity contribution in [3.63, 3.8) is 0 Å². The summed E-state index contributed by atoms with van der Waals surface area (Å²) in [5.41, 5.74) is 1.49. The first-order valence-electron chi connectivity index (χ1n) is 5.51. The minimum absolute atomic E-state index is 0.0830. The molecule has 1 aromatic heterocycles. The molecule has 0 radical (unpaired) electrons. The Hall–Kier alpha value is -0.570. The molecule has 0 aliphatic rings. The maximum absolute atomic E-state index is 5.36. The zero-order valence-electron chi connectivity index (χ0n) is 10.6. The molecule has 0 atom stereocenters. The summed E-state index contributed by atoms with van der Waals surface area (Å²) < 4.78 is 3.08. The molecule has 15 heavy (non-hydrogen) atoms. The van der Waals surface area contributed by atoms with Gasteiger partial charge < -0.3 is 9.55 Å². The third-order valence-corrected chi connectivity index (χ3v) is 3.32. The van der Waals surface area contributed by atoms with Gasteiger partial charge in [-0.3, -0.25) is 0 Å². The smallest absolute Gasteiger partial charge is 0.177 e. The first-order chi connectivity index (χ1) is 6.70. The second kappa shape index (κ2) is 3.78. The van der Waals surface area contributed by atoms with Crippen LogP contribution >= 0.6 is 12.2 Å². The number of H-pyrrole nitrogens is 1. The van der Waals surface area contributed by atoms with E-state index in [1.54, 1.807) is 0 Å². The molecule has 86 valence electrons. The van der Waals surface area contributed by atoms with E-state index in [0.717, 1.165) is 11.2 Å². The van der Waals surface area contributed by atoms with Crippen LogP contribution in [0.25, 0.3) is 0 Å². The first-order valence-corrected chi connectivity index (χ1v) is 5.92. The van der Waals surface area contributed by atoms with E-state index in [1.165, 1.54) is 5.69 Å². The number of nitrogens with zero attached hydrogens (tertiary/aromatic N) is 1. The average molecular weight is 226 g/mol. The molecule has 0 spiro atoms. The molecule has 0 unspecified atom stereocenters. The first kappa shape index (κ1) is 12.5. The molecule has 1 rings (SSSR count). The van der Waals surface area contributed by atoms with E-state index in [9.17, 15) is 0 Å². The Balaban J connectivity index is 3.41. The highest BCUT2D eigenvalue weighted by molar-refractivity contribution is 7.71. The summed E-state index contributed by atoms with van der Waals surface area (Å²) in [5.74, 6) is 0. The number of aromatic nitrogens is 2. The van der Waals surface area contributed by atoms with Crippen molar-refractivity contribution in [2.24, 2.45) is 0 Å². The minimum Gasteiger partial charge on any atom is -0.337 e. The Morgan fingerprint density at radius 1 is 1.27 bits per heavy atom. The molecule has 0 saturated carbocycles. The van der Waals surface area contributed by atoms with Gasteiger partial charge in [0.05, 0.1) is 0 Å². The van der Waals surface area contributed by atoms with Crippen LogP contribution < -0.4 is 0 Å². The van der Waals surface area contributed by atoms with Gasteiger partial charge >= 0.3 is 0 Å². The van der Waals surface area contributed by atoms with E-state index in [1.807, 2.05) is 6.20 Å². The van der Waals surface area contributed by atoms with Crippen LogP contribution in [0.15, 0.2) is 6.20 Å². The lowest BCUT2D eigenvalue weighted by Crippen LogP contribution is -2.31. The molecule has 0 aliphatic heterocycles. The second-order valence-corrected chi connectivity index (χ2v) is 6.12. The van der Waals surface area contributed by atoms with Crippen LogP contribution in [0.2, 0.25) is 0 Å². The van der Waals surface area contributed by atoms with Crippen molar-refractivity contribution in [3.8, 4) is 0 Å². The molecule has 0 aliphatic carbocycles. The maximum atomic E-state index is 5.36. The summed E-state index contributed by atoms with van der Waals surface area (Å²) in [6.07, 6.45) is 3.11. The fourth-order valence-electron chi connectivity index (χ4n) is 1.68. The van der Waals surface area contributed by atoms with Crippen LogP contribution in [0.5, 0.6) is 0 Å². The molecule has 0 amide bonds. The van der Waals surface area contributed by atoms with Crippen LogP contribution in [-0.4, -0.2) is 9.55 Å². The number of aromatic amines is 1. The van der Waals surface area contributed by atoms with Gasteiger partial charge in [-0.2, -0.15) is 0 Å². The SMILES string of the molecule is CCC(C)(C)n1c(C(C)(C)C)c[nH]c1=S. The highest BCUT2D eigenvalue weighted by Gasteiger charge is 2.27. The molecular formula is C12H22N2S. The third-order valence-electron chi connectivity index (χ3n) is 3.02. The number of rotatable bonds is 2. The van der Waals surface area contributed by atoms with Gasteiger partial charge in [-0.25, -0.2) is 0 Å². The summed E-state index contributed by atoms with van der Waals surface area (Å²) in [6.45, 7) is 13.3. The molecule has 0 bridgehead atoms. The van der Waals surface area contributed by atoms with Gasteiger partial charge in [-0.05, 0) is 32.5 Å². The Labute approximate surface area is 97.7 Å². The second-order valence-electron chi connectivity index (χ2n) is 5.73. The fraction of sp³-hybridized carbons (Fsp3) is 0.750. The lowest BCUT2D eigenvalue weighted by Gasteiger charge is -2.31. The lowest BCUT2D eigenvalue weighted by molar-refractivity contribution is 0.312.